The van der Waals surface area contributed by atoms with Gasteiger partial charge in [-0.15, -0.1) is 0 Å². The molecule has 4 nitrogen and oxygen atoms in total. The fourth-order valence-corrected chi connectivity index (χ4v) is 3.16. The molecule has 0 aliphatic carbocycles. The van der Waals surface area contributed by atoms with Gasteiger partial charge in [-0.2, -0.15) is 5.10 Å². The average molecular weight is 402 g/mol. The molecule has 0 radical (unpaired) electrons. The maximum atomic E-state index is 12.5. The van der Waals surface area contributed by atoms with Crippen LogP contribution in [0, 0.1) is 0 Å². The SMILES string of the molecule is CC/C(C)=C/c1ccc(CNC(=O)c2cnn(Cc3ccc(C(C)C)cc3)c2)cc1. The molecule has 1 heterocycles. The van der Waals surface area contributed by atoms with Crippen LogP contribution < -0.4 is 5.32 Å². The molecule has 156 valence electrons. The molecule has 3 rings (SSSR count). The molecule has 3 aromatic rings. The lowest BCUT2D eigenvalue weighted by molar-refractivity contribution is 0.0951. The summed E-state index contributed by atoms with van der Waals surface area (Å²) in [6, 6.07) is 16.8. The van der Waals surface area contributed by atoms with Crippen molar-refractivity contribution < 1.29 is 4.79 Å². The highest BCUT2D eigenvalue weighted by Gasteiger charge is 2.09. The van der Waals surface area contributed by atoms with Crippen LogP contribution in [0.4, 0.5) is 0 Å². The molecule has 1 amide bonds. The number of hydrogen-bond donors (Lipinski definition) is 1. The average Bonchev–Trinajstić information content (AvgIpc) is 3.22. The summed E-state index contributed by atoms with van der Waals surface area (Å²) < 4.78 is 1.80. The summed E-state index contributed by atoms with van der Waals surface area (Å²) in [6.07, 6.45) is 6.66. The Morgan fingerprint density at radius 3 is 2.37 bits per heavy atom. The Kier molecular flexibility index (Phi) is 7.23. The van der Waals surface area contributed by atoms with E-state index in [-0.39, 0.29) is 5.91 Å². The van der Waals surface area contributed by atoms with Gasteiger partial charge in [0.2, 0.25) is 0 Å². The van der Waals surface area contributed by atoms with Crippen molar-refractivity contribution in [2.24, 2.45) is 0 Å². The van der Waals surface area contributed by atoms with Crippen LogP contribution in [0.1, 0.15) is 72.6 Å². The molecule has 0 spiro atoms. The third-order valence-corrected chi connectivity index (χ3v) is 5.29. The van der Waals surface area contributed by atoms with Crippen LogP contribution in [-0.2, 0) is 13.1 Å². The standard InChI is InChI=1S/C26H31N3O/c1-5-20(4)14-21-6-8-22(9-7-21)15-27-26(30)25-16-28-29(18-25)17-23-10-12-24(13-11-23)19(2)3/h6-14,16,18-19H,5,15,17H2,1-4H3,(H,27,30)/b20-14+. The van der Waals surface area contributed by atoms with E-state index in [2.05, 4.69) is 92.7 Å². The van der Waals surface area contributed by atoms with Crippen LogP contribution in [0.25, 0.3) is 6.08 Å². The number of nitrogens with zero attached hydrogens (tertiary/aromatic N) is 2. The molecule has 2 aromatic carbocycles. The topological polar surface area (TPSA) is 46.9 Å². The smallest absolute Gasteiger partial charge is 0.254 e. The zero-order valence-corrected chi connectivity index (χ0v) is 18.4. The first-order valence-electron chi connectivity index (χ1n) is 10.6. The summed E-state index contributed by atoms with van der Waals surface area (Å²) in [6.45, 7) is 9.81. The first kappa shape index (κ1) is 21.6. The quantitative estimate of drug-likeness (QED) is 0.519. The molecule has 1 aromatic heterocycles. The number of carbonyl (C=O) groups excluding carboxylic acids is 1. The Labute approximate surface area is 179 Å². The molecule has 0 aliphatic heterocycles. The minimum atomic E-state index is -0.109. The Morgan fingerprint density at radius 1 is 1.07 bits per heavy atom. The van der Waals surface area contributed by atoms with Crippen LogP contribution >= 0.6 is 0 Å². The van der Waals surface area contributed by atoms with Crippen LogP contribution in [0.5, 0.6) is 0 Å². The van der Waals surface area contributed by atoms with Crippen molar-refractivity contribution in [3.05, 3.63) is 94.3 Å². The highest BCUT2D eigenvalue weighted by atomic mass is 16.1. The third-order valence-electron chi connectivity index (χ3n) is 5.29. The van der Waals surface area contributed by atoms with Crippen LogP contribution in [-0.4, -0.2) is 15.7 Å². The van der Waals surface area contributed by atoms with Crippen molar-refractivity contribution >= 4 is 12.0 Å². The first-order valence-corrected chi connectivity index (χ1v) is 10.6. The molecule has 0 saturated heterocycles. The number of aromatic nitrogens is 2. The third kappa shape index (κ3) is 5.93. The fraction of sp³-hybridized carbons (Fsp3) is 0.308. The van der Waals surface area contributed by atoms with Gasteiger partial charge in [0.15, 0.2) is 0 Å². The van der Waals surface area contributed by atoms with E-state index in [4.69, 9.17) is 0 Å². The Bertz CT molecular complexity index is 996. The molecule has 0 unspecified atom stereocenters. The fourth-order valence-electron chi connectivity index (χ4n) is 3.16. The van der Waals surface area contributed by atoms with E-state index in [1.165, 1.54) is 22.3 Å². The molecule has 1 N–H and O–H groups in total. The second kappa shape index (κ2) is 10.1. The van der Waals surface area contributed by atoms with Gasteiger partial charge >= 0.3 is 0 Å². The largest absolute Gasteiger partial charge is 0.348 e. The lowest BCUT2D eigenvalue weighted by Crippen LogP contribution is -2.22. The molecule has 30 heavy (non-hydrogen) atoms. The number of carbonyl (C=O) groups is 1. The molecule has 0 atom stereocenters. The molecule has 0 bridgehead atoms. The minimum absolute atomic E-state index is 0.109. The van der Waals surface area contributed by atoms with Gasteiger partial charge in [-0.3, -0.25) is 9.48 Å². The van der Waals surface area contributed by atoms with Crippen molar-refractivity contribution in [3.63, 3.8) is 0 Å². The predicted octanol–water partition coefficient (Wildman–Crippen LogP) is 5.80. The van der Waals surface area contributed by atoms with E-state index in [0.717, 1.165) is 12.0 Å². The summed E-state index contributed by atoms with van der Waals surface area (Å²) in [7, 11) is 0. The van der Waals surface area contributed by atoms with Gasteiger partial charge in [0.05, 0.1) is 18.3 Å². The number of allylic oxidation sites excluding steroid dienone is 1. The van der Waals surface area contributed by atoms with E-state index in [9.17, 15) is 4.79 Å². The van der Waals surface area contributed by atoms with Gasteiger partial charge < -0.3 is 5.32 Å². The van der Waals surface area contributed by atoms with Crippen LogP contribution in [0.3, 0.4) is 0 Å². The van der Waals surface area contributed by atoms with Gasteiger partial charge in [-0.05, 0) is 41.5 Å². The number of benzene rings is 2. The van der Waals surface area contributed by atoms with E-state index in [0.29, 0.717) is 24.6 Å². The van der Waals surface area contributed by atoms with Crippen molar-refractivity contribution in [2.45, 2.75) is 53.1 Å². The summed E-state index contributed by atoms with van der Waals surface area (Å²) >= 11 is 0. The Balaban J connectivity index is 1.54. The van der Waals surface area contributed by atoms with E-state index in [1.54, 1.807) is 17.1 Å². The lowest BCUT2D eigenvalue weighted by atomic mass is 10.0. The summed E-state index contributed by atoms with van der Waals surface area (Å²) in [5.41, 5.74) is 6.68. The van der Waals surface area contributed by atoms with Gasteiger partial charge in [0, 0.05) is 12.7 Å². The highest BCUT2D eigenvalue weighted by Crippen LogP contribution is 2.15. The second-order valence-corrected chi connectivity index (χ2v) is 8.09. The Hall–Kier alpha value is -3.14. The summed E-state index contributed by atoms with van der Waals surface area (Å²) in [5, 5.41) is 7.32. The lowest BCUT2D eigenvalue weighted by Gasteiger charge is -2.07. The van der Waals surface area contributed by atoms with Crippen molar-refractivity contribution in [1.29, 1.82) is 0 Å². The van der Waals surface area contributed by atoms with Crippen LogP contribution in [0.15, 0.2) is 66.5 Å². The second-order valence-electron chi connectivity index (χ2n) is 8.09. The molecule has 0 saturated carbocycles. The predicted molar refractivity (Wildman–Crippen MR) is 123 cm³/mol. The first-order chi connectivity index (χ1) is 14.4. The number of rotatable bonds is 8. The maximum absolute atomic E-state index is 12.5. The molecular formula is C26H31N3O. The van der Waals surface area contributed by atoms with Crippen molar-refractivity contribution in [2.75, 3.05) is 0 Å². The number of amides is 1. The molecular weight excluding hydrogens is 370 g/mol. The normalized spacial score (nSPS) is 11.7. The van der Waals surface area contributed by atoms with Crippen molar-refractivity contribution in [3.8, 4) is 0 Å². The highest BCUT2D eigenvalue weighted by molar-refractivity contribution is 5.93. The van der Waals surface area contributed by atoms with Gasteiger partial charge in [0.1, 0.15) is 0 Å². The molecule has 0 aliphatic rings. The minimum Gasteiger partial charge on any atom is -0.348 e. The monoisotopic (exact) mass is 401 g/mol. The summed E-state index contributed by atoms with van der Waals surface area (Å²) in [4.78, 5) is 12.5. The zero-order chi connectivity index (χ0) is 21.5. The Morgan fingerprint density at radius 2 is 1.73 bits per heavy atom. The van der Waals surface area contributed by atoms with Gasteiger partial charge in [-0.25, -0.2) is 0 Å². The van der Waals surface area contributed by atoms with Crippen LogP contribution in [0.2, 0.25) is 0 Å². The van der Waals surface area contributed by atoms with E-state index < -0.39 is 0 Å². The number of nitrogens with one attached hydrogen (secondary N) is 1. The summed E-state index contributed by atoms with van der Waals surface area (Å²) in [5.74, 6) is 0.411. The maximum Gasteiger partial charge on any atom is 0.254 e. The number of hydrogen-bond acceptors (Lipinski definition) is 2. The molecule has 0 fully saturated rings. The van der Waals surface area contributed by atoms with Gasteiger partial charge in [0.25, 0.3) is 5.91 Å². The van der Waals surface area contributed by atoms with Crippen molar-refractivity contribution in [1.82, 2.24) is 15.1 Å². The van der Waals surface area contributed by atoms with E-state index >= 15 is 0 Å². The van der Waals surface area contributed by atoms with E-state index in [1.807, 2.05) is 0 Å². The molecule has 4 heteroatoms. The van der Waals surface area contributed by atoms with Gasteiger partial charge in [-0.1, -0.05) is 81.0 Å². The zero-order valence-electron chi connectivity index (χ0n) is 18.4.